The molecule has 1 atom stereocenters. The second kappa shape index (κ2) is 11.7. The summed E-state index contributed by atoms with van der Waals surface area (Å²) in [5, 5.41) is 6.84. The number of benzene rings is 2. The van der Waals surface area contributed by atoms with E-state index in [4.69, 9.17) is 11.6 Å². The lowest BCUT2D eigenvalue weighted by Gasteiger charge is -2.38. The molecule has 2 heterocycles. The number of anilines is 1. The first kappa shape index (κ1) is 24.6. The Kier molecular flexibility index (Phi) is 8.72. The number of ketones is 1. The summed E-state index contributed by atoms with van der Waals surface area (Å²) in [7, 11) is 0. The third kappa shape index (κ3) is 6.05. The minimum atomic E-state index is -0.251. The number of Topliss-reactive ketones (excluding diaryl/α,β-unsaturated/α-hetero) is 1. The first-order valence-electron chi connectivity index (χ1n) is 11.6. The van der Waals surface area contributed by atoms with E-state index in [1.807, 2.05) is 50.4 Å². The number of hydrogen-bond donors (Lipinski definition) is 2. The van der Waals surface area contributed by atoms with Crippen molar-refractivity contribution < 1.29 is 9.59 Å². The van der Waals surface area contributed by atoms with Crippen molar-refractivity contribution >= 4 is 29.0 Å². The molecule has 1 saturated heterocycles. The molecule has 2 N–H and O–H groups in total. The smallest absolute Gasteiger partial charge is 0.232 e. The van der Waals surface area contributed by atoms with Gasteiger partial charge in [0.25, 0.3) is 0 Å². The van der Waals surface area contributed by atoms with E-state index in [9.17, 15) is 9.59 Å². The molecule has 0 radical (unpaired) electrons. The van der Waals surface area contributed by atoms with E-state index in [1.54, 1.807) is 24.3 Å². The minimum absolute atomic E-state index is 0.0393. The number of amides is 1. The molecule has 0 aromatic heterocycles. The van der Waals surface area contributed by atoms with E-state index in [-0.39, 0.29) is 17.6 Å². The maximum absolute atomic E-state index is 13.0. The molecule has 2 aromatic rings. The monoisotopic (exact) mass is 465 g/mol. The molecule has 2 aliphatic rings. The van der Waals surface area contributed by atoms with Gasteiger partial charge in [0.2, 0.25) is 5.91 Å². The van der Waals surface area contributed by atoms with Crippen molar-refractivity contribution in [2.24, 2.45) is 5.92 Å². The number of rotatable bonds is 6. The van der Waals surface area contributed by atoms with Gasteiger partial charge in [-0.05, 0) is 48.2 Å². The van der Waals surface area contributed by atoms with E-state index in [0.29, 0.717) is 31.1 Å². The van der Waals surface area contributed by atoms with Gasteiger partial charge in [0.05, 0.1) is 18.2 Å². The Balaban J connectivity index is 0.00000149. The molecule has 0 aliphatic carbocycles. The highest BCUT2D eigenvalue weighted by molar-refractivity contribution is 6.30. The van der Waals surface area contributed by atoms with E-state index in [0.717, 1.165) is 28.9 Å². The van der Waals surface area contributed by atoms with Gasteiger partial charge in [-0.15, -0.1) is 0 Å². The number of carbonyl (C=O) groups excluding carboxylic acids is 2. The molecule has 2 aromatic carbocycles. The highest BCUT2D eigenvalue weighted by Gasteiger charge is 2.34. The Morgan fingerprint density at radius 3 is 2.45 bits per heavy atom. The first-order valence-corrected chi connectivity index (χ1v) is 12.0. The van der Waals surface area contributed by atoms with Crippen molar-refractivity contribution in [2.45, 2.75) is 33.6 Å². The first-order chi connectivity index (χ1) is 16.0. The molecule has 1 fully saturated rings. The molecule has 0 bridgehead atoms. The predicted octanol–water partition coefficient (Wildman–Crippen LogP) is 5.44. The predicted molar refractivity (Wildman–Crippen MR) is 135 cm³/mol. The maximum Gasteiger partial charge on any atom is 0.232 e. The van der Waals surface area contributed by atoms with Gasteiger partial charge >= 0.3 is 0 Å². The van der Waals surface area contributed by atoms with Crippen LogP contribution in [0.1, 0.15) is 43.1 Å². The van der Waals surface area contributed by atoms with Crippen LogP contribution in [0, 0.1) is 5.92 Å². The van der Waals surface area contributed by atoms with Crippen molar-refractivity contribution in [3.63, 3.8) is 0 Å². The van der Waals surface area contributed by atoms with Crippen LogP contribution in [0.4, 0.5) is 5.69 Å². The van der Waals surface area contributed by atoms with Gasteiger partial charge in [0.1, 0.15) is 0 Å². The molecule has 0 saturated carbocycles. The highest BCUT2D eigenvalue weighted by Crippen LogP contribution is 2.33. The van der Waals surface area contributed by atoms with Crippen LogP contribution in [-0.4, -0.2) is 36.2 Å². The van der Waals surface area contributed by atoms with E-state index in [1.165, 1.54) is 5.56 Å². The number of carbonyl (C=O) groups is 2. The van der Waals surface area contributed by atoms with Crippen molar-refractivity contribution in [3.8, 4) is 0 Å². The van der Waals surface area contributed by atoms with Crippen LogP contribution in [0.25, 0.3) is 0 Å². The van der Waals surface area contributed by atoms with E-state index >= 15 is 0 Å². The number of allylic oxidation sites excluding steroid dienone is 1. The maximum atomic E-state index is 13.0. The highest BCUT2D eigenvalue weighted by atomic mass is 35.5. The fourth-order valence-corrected chi connectivity index (χ4v) is 4.18. The third-order valence-corrected chi connectivity index (χ3v) is 6.08. The van der Waals surface area contributed by atoms with Crippen LogP contribution in [-0.2, 0) is 11.2 Å². The van der Waals surface area contributed by atoms with Crippen LogP contribution in [0.5, 0.6) is 0 Å². The number of dihydropyridines is 1. The van der Waals surface area contributed by atoms with Crippen LogP contribution >= 0.6 is 11.6 Å². The van der Waals surface area contributed by atoms with Crippen molar-refractivity contribution in [1.82, 2.24) is 10.2 Å². The average molecular weight is 466 g/mol. The standard InChI is InChI=1S/C25H26ClN3O2.C2H6/c1-2-17-3-5-18(6-4-17)24(30)16-29-14-12-22(21-11-13-27-15-23(21)29)25(31)28-20-9-7-19(26)8-10-20;1-2/h3-11,15,22,27H,2,12-14,16H2,1H3,(H,28,31);1-2H3. The Hall–Kier alpha value is -3.05. The Morgan fingerprint density at radius 2 is 1.79 bits per heavy atom. The Morgan fingerprint density at radius 1 is 1.09 bits per heavy atom. The third-order valence-electron chi connectivity index (χ3n) is 5.83. The molecule has 1 unspecified atom stereocenters. The zero-order chi connectivity index (χ0) is 23.8. The lowest BCUT2D eigenvalue weighted by Crippen LogP contribution is -2.42. The lowest BCUT2D eigenvalue weighted by molar-refractivity contribution is -0.119. The molecular weight excluding hydrogens is 434 g/mol. The van der Waals surface area contributed by atoms with Gasteiger partial charge in [-0.3, -0.25) is 9.59 Å². The SMILES string of the molecule is CC.CCc1ccc(C(=O)CN2CCC(C(=O)Nc3ccc(Cl)cc3)C3=CCNC=C32)cc1. The molecule has 6 heteroatoms. The summed E-state index contributed by atoms with van der Waals surface area (Å²) >= 11 is 5.94. The molecule has 0 spiro atoms. The summed E-state index contributed by atoms with van der Waals surface area (Å²) in [6, 6.07) is 14.9. The molecule has 1 amide bonds. The number of aryl methyl sites for hydroxylation is 1. The number of likely N-dealkylation sites (tertiary alicyclic amines) is 1. The van der Waals surface area contributed by atoms with E-state index in [2.05, 4.69) is 22.5 Å². The Bertz CT molecular complexity index is 1030. The van der Waals surface area contributed by atoms with Crippen molar-refractivity contribution in [1.29, 1.82) is 0 Å². The van der Waals surface area contributed by atoms with Gasteiger partial charge < -0.3 is 15.5 Å². The van der Waals surface area contributed by atoms with E-state index < -0.39 is 0 Å². The summed E-state index contributed by atoms with van der Waals surface area (Å²) in [6.07, 6.45) is 5.58. The zero-order valence-corrected chi connectivity index (χ0v) is 20.3. The molecule has 2 aliphatic heterocycles. The molecule has 5 nitrogen and oxygen atoms in total. The summed E-state index contributed by atoms with van der Waals surface area (Å²) < 4.78 is 0. The number of hydrogen-bond acceptors (Lipinski definition) is 4. The van der Waals surface area contributed by atoms with Crippen LogP contribution < -0.4 is 10.6 Å². The number of nitrogens with zero attached hydrogens (tertiary/aromatic N) is 1. The Labute approximate surface area is 201 Å². The molecular formula is C27H32ClN3O2. The average Bonchev–Trinajstić information content (AvgIpc) is 2.86. The van der Waals surface area contributed by atoms with Crippen molar-refractivity contribution in [3.05, 3.63) is 88.2 Å². The number of fused-ring (bicyclic) bond motifs is 1. The minimum Gasteiger partial charge on any atom is -0.386 e. The largest absolute Gasteiger partial charge is 0.386 e. The molecule has 33 heavy (non-hydrogen) atoms. The number of nitrogens with one attached hydrogen (secondary N) is 2. The summed E-state index contributed by atoms with van der Waals surface area (Å²) in [5.74, 6) is -0.209. The zero-order valence-electron chi connectivity index (χ0n) is 19.5. The van der Waals surface area contributed by atoms with Crippen molar-refractivity contribution in [2.75, 3.05) is 25.0 Å². The van der Waals surface area contributed by atoms with Crippen LogP contribution in [0.15, 0.2) is 72.1 Å². The number of piperidine rings is 1. The van der Waals surface area contributed by atoms with Gasteiger partial charge in [-0.2, -0.15) is 0 Å². The summed E-state index contributed by atoms with van der Waals surface area (Å²) in [5.41, 5.74) is 4.56. The second-order valence-corrected chi connectivity index (χ2v) is 8.27. The molecule has 174 valence electrons. The van der Waals surface area contributed by atoms with Gasteiger partial charge in [-0.25, -0.2) is 0 Å². The van der Waals surface area contributed by atoms with Crippen LogP contribution in [0.2, 0.25) is 5.02 Å². The second-order valence-electron chi connectivity index (χ2n) is 7.83. The summed E-state index contributed by atoms with van der Waals surface area (Å²) in [6.45, 7) is 7.70. The fraction of sp³-hybridized carbons (Fsp3) is 0.333. The summed E-state index contributed by atoms with van der Waals surface area (Å²) in [4.78, 5) is 27.9. The van der Waals surface area contributed by atoms with Gasteiger partial charge in [-0.1, -0.05) is 62.7 Å². The molecule has 4 rings (SSSR count). The normalized spacial score (nSPS) is 16.8. The van der Waals surface area contributed by atoms with Crippen LogP contribution in [0.3, 0.4) is 0 Å². The fourth-order valence-electron chi connectivity index (χ4n) is 4.06. The van der Waals surface area contributed by atoms with Gasteiger partial charge in [0, 0.05) is 35.6 Å². The number of halogens is 1. The lowest BCUT2D eigenvalue weighted by atomic mass is 9.86. The quantitative estimate of drug-likeness (QED) is 0.557. The van der Waals surface area contributed by atoms with Gasteiger partial charge in [0.15, 0.2) is 5.78 Å². The topological polar surface area (TPSA) is 61.4 Å².